The van der Waals surface area contributed by atoms with Gasteiger partial charge in [0.25, 0.3) is 0 Å². The molecule has 0 unspecified atom stereocenters. The van der Waals surface area contributed by atoms with E-state index in [1.165, 1.54) is 77.1 Å². The van der Waals surface area contributed by atoms with Gasteiger partial charge in [-0.1, -0.05) is 61.5 Å². The van der Waals surface area contributed by atoms with Crippen LogP contribution in [0.3, 0.4) is 0 Å². The second-order valence-electron chi connectivity index (χ2n) is 13.9. The van der Waals surface area contributed by atoms with Crippen LogP contribution >= 0.6 is 0 Å². The number of halogens is 2. The van der Waals surface area contributed by atoms with E-state index in [0.717, 1.165) is 17.8 Å². The standard InChI is InChI=1S/C26H27.C10H11NSi.2ClH.Zr/c1-17-9-22-3-2-4-24(25(22)10-17)21-5-7-23(8-6-21)26-14-18-11-19(15-26)13-20(12-18)16-26;1-6-9-7-4-11-5-8(7)10(6)12(9,2)3;;;/h2-10,18-20H,11-16H2,1H3;4-5H,1-3H3;2*1H;/q-1;;;;+3/p-2. The number of fused-ring (bicyclic) bond motifs is 1. The average Bonchev–Trinajstić information content (AvgIpc) is 3.60. The molecule has 0 N–H and O–H groups in total. The molecule has 0 spiro atoms. The second kappa shape index (κ2) is 11.0. The molecule has 5 aliphatic carbocycles. The molecular formula is C36H38Cl2NSiZr. The first-order valence-electron chi connectivity index (χ1n) is 14.8. The van der Waals surface area contributed by atoms with Crippen LogP contribution in [0.2, 0.25) is 13.1 Å². The molecular weight excluding hydrogens is 637 g/mol. The summed E-state index contributed by atoms with van der Waals surface area (Å²) >= 11 is 0. The van der Waals surface area contributed by atoms with Crippen molar-refractivity contribution in [1.82, 2.24) is 0 Å². The summed E-state index contributed by atoms with van der Waals surface area (Å²) in [5.74, 6) is 3.05. The first-order valence-corrected chi connectivity index (χ1v) is 17.8. The van der Waals surface area contributed by atoms with Crippen molar-refractivity contribution in [1.29, 1.82) is 0 Å². The minimum Gasteiger partial charge on any atom is -1.00 e. The Morgan fingerprint density at radius 2 is 1.49 bits per heavy atom. The van der Waals surface area contributed by atoms with Crippen molar-refractivity contribution in [2.75, 3.05) is 0 Å². The van der Waals surface area contributed by atoms with Crippen LogP contribution in [0.15, 0.2) is 92.9 Å². The number of rotatable bonds is 2. The number of hydrogen-bond acceptors (Lipinski definition) is 1. The van der Waals surface area contributed by atoms with Crippen LogP contribution in [0.25, 0.3) is 21.9 Å². The van der Waals surface area contributed by atoms with Crippen LogP contribution in [0.5, 0.6) is 0 Å². The minimum atomic E-state index is -1.11. The summed E-state index contributed by atoms with van der Waals surface area (Å²) in [6.07, 6.45) is 13.0. The van der Waals surface area contributed by atoms with Gasteiger partial charge in [0.15, 0.2) is 0 Å². The molecule has 209 valence electrons. The number of nitrogens with zero attached hydrogens (tertiary/aromatic N) is 1. The van der Waals surface area contributed by atoms with E-state index in [-0.39, 0.29) is 51.0 Å². The maximum absolute atomic E-state index is 4.19. The largest absolute Gasteiger partial charge is 3.00 e. The summed E-state index contributed by atoms with van der Waals surface area (Å²) in [7, 11) is -1.11. The smallest absolute Gasteiger partial charge is 1.00 e. The van der Waals surface area contributed by atoms with Crippen molar-refractivity contribution < 1.29 is 51.0 Å². The number of hydrogen-bond donors (Lipinski definition) is 0. The van der Waals surface area contributed by atoms with Gasteiger partial charge in [-0.05, 0) is 90.1 Å². The molecule has 8 aliphatic rings. The van der Waals surface area contributed by atoms with Gasteiger partial charge in [-0.15, -0.1) is 34.5 Å². The van der Waals surface area contributed by atoms with E-state index in [1.807, 2.05) is 12.4 Å². The molecule has 41 heavy (non-hydrogen) atoms. The zero-order chi connectivity index (χ0) is 25.8. The predicted octanol–water partition coefficient (Wildman–Crippen LogP) is 3.39. The third-order valence-corrected chi connectivity index (χ3v) is 14.8. The Kier molecular flexibility index (Phi) is 8.30. The van der Waals surface area contributed by atoms with Crippen LogP contribution in [-0.4, -0.2) is 14.3 Å². The van der Waals surface area contributed by atoms with Gasteiger partial charge in [0.1, 0.15) is 8.07 Å². The van der Waals surface area contributed by atoms with Gasteiger partial charge in [0, 0.05) is 23.6 Å². The van der Waals surface area contributed by atoms with Gasteiger partial charge in [-0.3, -0.25) is 4.99 Å². The van der Waals surface area contributed by atoms with E-state index in [0.29, 0.717) is 5.41 Å². The maximum atomic E-state index is 4.19. The first-order chi connectivity index (χ1) is 18.3. The SMILES string of the molecule is CC1=C2C3=CN=CC3=C1[Si]2(C)C.Cc1cc2c(-c3ccc(C45CC6CC(CC(C6)C4)C5)cc3)cccc2[cH-]1.[Cl-].[Cl-].[Zr+3]. The molecule has 0 atom stereocenters. The van der Waals surface area contributed by atoms with Gasteiger partial charge < -0.3 is 24.8 Å². The third-order valence-electron chi connectivity index (χ3n) is 11.0. The van der Waals surface area contributed by atoms with E-state index >= 15 is 0 Å². The Morgan fingerprint density at radius 1 is 0.854 bits per heavy atom. The summed E-state index contributed by atoms with van der Waals surface area (Å²) in [5, 5.41) is 6.08. The Labute approximate surface area is 278 Å². The minimum absolute atomic E-state index is 0. The van der Waals surface area contributed by atoms with Crippen LogP contribution in [0, 0.1) is 24.7 Å². The third kappa shape index (κ3) is 4.64. The van der Waals surface area contributed by atoms with Gasteiger partial charge in [-0.2, -0.15) is 6.07 Å². The molecule has 3 aromatic rings. The Balaban J connectivity index is 0.000000191. The Hall–Kier alpha value is -1.38. The fourth-order valence-corrected chi connectivity index (χ4v) is 14.0. The average molecular weight is 675 g/mol. The number of allylic oxidation sites excluding steroid dienone is 5. The molecule has 3 aliphatic heterocycles. The van der Waals surface area contributed by atoms with Crippen molar-refractivity contribution in [3.05, 3.63) is 99.0 Å². The Morgan fingerprint density at radius 3 is 2.07 bits per heavy atom. The molecule has 3 aromatic carbocycles. The number of aryl methyl sites for hydroxylation is 1. The van der Waals surface area contributed by atoms with E-state index in [2.05, 4.69) is 86.5 Å². The first kappa shape index (κ1) is 31.1. The predicted molar refractivity (Wildman–Crippen MR) is 163 cm³/mol. The van der Waals surface area contributed by atoms with Crippen molar-refractivity contribution in [2.45, 2.75) is 70.9 Å². The maximum Gasteiger partial charge on any atom is 3.00 e. The fourth-order valence-electron chi connectivity index (χ4n) is 10.0. The molecule has 6 bridgehead atoms. The van der Waals surface area contributed by atoms with Crippen molar-refractivity contribution in [3.8, 4) is 11.1 Å². The monoisotopic (exact) mass is 672 g/mol. The number of aliphatic imine (C=N–C) groups is 1. The van der Waals surface area contributed by atoms with Crippen LogP contribution in [0.1, 0.15) is 56.6 Å². The second-order valence-corrected chi connectivity index (χ2v) is 18.1. The van der Waals surface area contributed by atoms with E-state index in [1.54, 1.807) is 21.5 Å². The van der Waals surface area contributed by atoms with Crippen LogP contribution in [0.4, 0.5) is 0 Å². The molecule has 1 radical (unpaired) electrons. The van der Waals surface area contributed by atoms with Crippen molar-refractivity contribution in [2.24, 2.45) is 22.7 Å². The van der Waals surface area contributed by atoms with Crippen LogP contribution in [-0.2, 0) is 31.6 Å². The van der Waals surface area contributed by atoms with E-state index in [4.69, 9.17) is 0 Å². The molecule has 0 saturated heterocycles. The fraction of sp³-hybridized carbons (Fsp3) is 0.389. The molecule has 5 heteroatoms. The van der Waals surface area contributed by atoms with Gasteiger partial charge in [-0.25, -0.2) is 0 Å². The van der Waals surface area contributed by atoms with Gasteiger partial charge in [0.05, 0.1) is 0 Å². The molecule has 11 rings (SSSR count). The van der Waals surface area contributed by atoms with Gasteiger partial charge in [0.2, 0.25) is 0 Å². The van der Waals surface area contributed by atoms with E-state index < -0.39 is 8.07 Å². The zero-order valence-corrected chi connectivity index (χ0v) is 29.5. The molecule has 4 fully saturated rings. The summed E-state index contributed by atoms with van der Waals surface area (Å²) < 4.78 is 0. The summed E-state index contributed by atoms with van der Waals surface area (Å²) in [6.45, 7) is 9.32. The summed E-state index contributed by atoms with van der Waals surface area (Å²) in [4.78, 5) is 4.19. The normalized spacial score (nSPS) is 28.7. The zero-order valence-electron chi connectivity index (χ0n) is 24.5. The van der Waals surface area contributed by atoms with Crippen molar-refractivity contribution in [3.63, 3.8) is 0 Å². The topological polar surface area (TPSA) is 12.4 Å². The van der Waals surface area contributed by atoms with Crippen LogP contribution < -0.4 is 24.8 Å². The van der Waals surface area contributed by atoms with Crippen molar-refractivity contribution >= 4 is 25.1 Å². The number of benzene rings is 2. The molecule has 3 heterocycles. The summed E-state index contributed by atoms with van der Waals surface area (Å²) in [6, 6.07) is 21.1. The quantitative estimate of drug-likeness (QED) is 0.292. The van der Waals surface area contributed by atoms with E-state index in [9.17, 15) is 0 Å². The molecule has 0 aromatic heterocycles. The van der Waals surface area contributed by atoms with Gasteiger partial charge >= 0.3 is 26.2 Å². The molecule has 4 saturated carbocycles. The Bertz CT molecular complexity index is 1600. The summed E-state index contributed by atoms with van der Waals surface area (Å²) in [5.41, 5.74) is 10.7. The molecule has 1 nitrogen and oxygen atoms in total. The molecule has 0 amide bonds.